The largest absolute Gasteiger partial charge is 0.466 e. The van der Waals surface area contributed by atoms with Gasteiger partial charge >= 0.3 is 11.9 Å². The molecular weight excluding hydrogens is 482 g/mol. The smallest absolute Gasteiger partial charge is 0.355 e. The molecule has 2 aromatic carbocycles. The average molecular weight is 500 g/mol. The van der Waals surface area contributed by atoms with Crippen LogP contribution in [-0.4, -0.2) is 51.1 Å². The van der Waals surface area contributed by atoms with Crippen LogP contribution in [-0.2, 0) is 23.8 Å². The summed E-state index contributed by atoms with van der Waals surface area (Å²) in [6.07, 6.45) is 0. The Morgan fingerprint density at radius 1 is 1.00 bits per heavy atom. The van der Waals surface area contributed by atoms with Crippen LogP contribution in [0.3, 0.4) is 0 Å². The fourth-order valence-electron chi connectivity index (χ4n) is 4.02. The van der Waals surface area contributed by atoms with Crippen LogP contribution in [0.25, 0.3) is 0 Å². The summed E-state index contributed by atoms with van der Waals surface area (Å²) in [6, 6.07) is 8.25. The van der Waals surface area contributed by atoms with E-state index in [1.54, 1.807) is 37.3 Å². The Hall–Kier alpha value is -3.30. The molecule has 0 bridgehead atoms. The van der Waals surface area contributed by atoms with Gasteiger partial charge in [0.15, 0.2) is 11.6 Å². The van der Waals surface area contributed by atoms with Gasteiger partial charge in [-0.2, -0.15) is 0 Å². The Labute approximate surface area is 191 Å². The summed E-state index contributed by atoms with van der Waals surface area (Å²) in [6.45, 7) is 1.43. The van der Waals surface area contributed by atoms with Crippen molar-refractivity contribution in [2.45, 2.75) is 6.92 Å². The second-order valence-electron chi connectivity index (χ2n) is 7.19. The quantitative estimate of drug-likeness (QED) is 0.507. The molecule has 0 unspecified atom stereocenters. The molecule has 9 heteroatoms. The lowest BCUT2D eigenvalue weighted by Gasteiger charge is -2.35. The highest BCUT2D eigenvalue weighted by atomic mass is 79.9. The second kappa shape index (κ2) is 8.33. The Bertz CT molecular complexity index is 1230. The monoisotopic (exact) mass is 499 g/mol. The summed E-state index contributed by atoms with van der Waals surface area (Å²) in [5.41, 5.74) is 1.60. The van der Waals surface area contributed by atoms with Crippen LogP contribution in [0.15, 0.2) is 46.1 Å². The number of ether oxygens (including phenoxy) is 3. The molecule has 0 N–H and O–H groups in total. The minimum absolute atomic E-state index is 0.0448. The van der Waals surface area contributed by atoms with Crippen molar-refractivity contribution in [2.75, 3.05) is 32.5 Å². The zero-order chi connectivity index (χ0) is 23.2. The normalized spacial score (nSPS) is 15.3. The van der Waals surface area contributed by atoms with Gasteiger partial charge in [0.25, 0.3) is 0 Å². The van der Waals surface area contributed by atoms with Crippen molar-refractivity contribution in [2.24, 2.45) is 0 Å². The van der Waals surface area contributed by atoms with Crippen LogP contribution in [0.5, 0.6) is 0 Å². The molecule has 1 aliphatic heterocycles. The third-order valence-electron chi connectivity index (χ3n) is 5.42. The van der Waals surface area contributed by atoms with Crippen LogP contribution in [0, 0.1) is 6.92 Å². The van der Waals surface area contributed by atoms with Crippen molar-refractivity contribution in [3.63, 3.8) is 0 Å². The molecule has 0 saturated carbocycles. The molecule has 0 fully saturated rings. The molecular formula is C23H18BrNO7. The van der Waals surface area contributed by atoms with Gasteiger partial charge in [-0.3, -0.25) is 9.59 Å². The molecule has 0 atom stereocenters. The number of hydrogen-bond acceptors (Lipinski definition) is 8. The number of anilines is 1. The summed E-state index contributed by atoms with van der Waals surface area (Å²) in [5.74, 6) is -2.24. The Morgan fingerprint density at radius 3 is 2.19 bits per heavy atom. The third-order valence-corrected chi connectivity index (χ3v) is 6.04. The SMILES string of the molecule is COC(=O)C1=C(C(=O)OC)N(c2c(C)cc(Br)c3c2C(=O)c2ccccc2C3=O)COC1. The van der Waals surface area contributed by atoms with Crippen LogP contribution in [0.1, 0.15) is 37.4 Å². The van der Waals surface area contributed by atoms with Gasteiger partial charge < -0.3 is 19.1 Å². The number of ketones is 2. The molecule has 1 aliphatic carbocycles. The van der Waals surface area contributed by atoms with E-state index in [-0.39, 0.29) is 58.6 Å². The number of esters is 2. The van der Waals surface area contributed by atoms with Gasteiger partial charge in [0.1, 0.15) is 12.4 Å². The predicted molar refractivity (Wildman–Crippen MR) is 117 cm³/mol. The topological polar surface area (TPSA) is 99.2 Å². The lowest BCUT2D eigenvalue weighted by atomic mass is 9.82. The molecule has 4 rings (SSSR count). The van der Waals surface area contributed by atoms with Crippen molar-refractivity contribution in [1.29, 1.82) is 0 Å². The molecule has 0 radical (unpaired) electrons. The molecule has 1 heterocycles. The number of hydrogen-bond donors (Lipinski definition) is 0. The van der Waals surface area contributed by atoms with Gasteiger partial charge in [-0.1, -0.05) is 24.3 Å². The van der Waals surface area contributed by atoms with Crippen molar-refractivity contribution >= 4 is 45.1 Å². The Balaban J connectivity index is 2.03. The van der Waals surface area contributed by atoms with E-state index < -0.39 is 11.9 Å². The lowest BCUT2D eigenvalue weighted by Crippen LogP contribution is -2.40. The number of rotatable bonds is 3. The summed E-state index contributed by atoms with van der Waals surface area (Å²) in [5, 5.41) is 0. The van der Waals surface area contributed by atoms with Gasteiger partial charge in [-0.05, 0) is 34.5 Å². The van der Waals surface area contributed by atoms with E-state index in [9.17, 15) is 19.2 Å². The molecule has 164 valence electrons. The number of carbonyl (C=O) groups is 4. The van der Waals surface area contributed by atoms with Crippen LogP contribution in [0.4, 0.5) is 5.69 Å². The minimum Gasteiger partial charge on any atom is -0.466 e. The zero-order valence-corrected chi connectivity index (χ0v) is 19.1. The van der Waals surface area contributed by atoms with E-state index in [1.807, 2.05) is 0 Å². The number of fused-ring (bicyclic) bond motifs is 2. The highest BCUT2D eigenvalue weighted by molar-refractivity contribution is 9.10. The van der Waals surface area contributed by atoms with Crippen molar-refractivity contribution in [1.82, 2.24) is 0 Å². The summed E-state index contributed by atoms with van der Waals surface area (Å²) in [7, 11) is 2.38. The minimum atomic E-state index is -0.792. The molecule has 32 heavy (non-hydrogen) atoms. The summed E-state index contributed by atoms with van der Waals surface area (Å²) >= 11 is 3.41. The Morgan fingerprint density at radius 2 is 1.59 bits per heavy atom. The van der Waals surface area contributed by atoms with Crippen molar-refractivity contribution in [3.05, 3.63) is 73.9 Å². The maximum Gasteiger partial charge on any atom is 0.355 e. The highest BCUT2D eigenvalue weighted by Gasteiger charge is 2.39. The average Bonchev–Trinajstić information content (AvgIpc) is 2.80. The first-order chi connectivity index (χ1) is 15.3. The number of nitrogens with zero attached hydrogens (tertiary/aromatic N) is 1. The van der Waals surface area contributed by atoms with E-state index in [1.165, 1.54) is 19.1 Å². The first kappa shape index (κ1) is 21.9. The van der Waals surface area contributed by atoms with Gasteiger partial charge in [0.05, 0.1) is 43.2 Å². The van der Waals surface area contributed by atoms with E-state index in [2.05, 4.69) is 15.9 Å². The van der Waals surface area contributed by atoms with Crippen molar-refractivity contribution in [3.8, 4) is 0 Å². The first-order valence-corrected chi connectivity index (χ1v) is 10.4. The second-order valence-corrected chi connectivity index (χ2v) is 8.05. The zero-order valence-electron chi connectivity index (χ0n) is 17.5. The van der Waals surface area contributed by atoms with E-state index in [0.717, 1.165) is 0 Å². The van der Waals surface area contributed by atoms with Crippen molar-refractivity contribution < 1.29 is 33.4 Å². The van der Waals surface area contributed by atoms with Gasteiger partial charge in [0, 0.05) is 15.6 Å². The van der Waals surface area contributed by atoms with Crippen LogP contribution in [0.2, 0.25) is 0 Å². The van der Waals surface area contributed by atoms with Crippen LogP contribution < -0.4 is 4.90 Å². The third kappa shape index (κ3) is 3.25. The van der Waals surface area contributed by atoms with Gasteiger partial charge in [0.2, 0.25) is 0 Å². The molecule has 8 nitrogen and oxygen atoms in total. The fraction of sp³-hybridized carbons (Fsp3) is 0.217. The van der Waals surface area contributed by atoms with E-state index in [0.29, 0.717) is 15.6 Å². The lowest BCUT2D eigenvalue weighted by molar-refractivity contribution is -0.140. The standard InChI is InChI=1S/C23H18BrNO7/c1-11-8-15(24)16-17(21(27)13-7-5-4-6-12(13)20(16)26)18(11)25-10-32-9-14(22(28)30-2)19(25)23(29)31-3/h4-8H,9-10H2,1-3H3. The summed E-state index contributed by atoms with van der Waals surface area (Å²) in [4.78, 5) is 53.4. The number of methoxy groups -OCH3 is 2. The van der Waals surface area contributed by atoms with E-state index >= 15 is 0 Å². The number of halogens is 1. The number of carbonyl (C=O) groups excluding carboxylic acids is 4. The van der Waals surface area contributed by atoms with E-state index in [4.69, 9.17) is 14.2 Å². The molecule has 2 aromatic rings. The molecule has 0 amide bonds. The maximum absolute atomic E-state index is 13.6. The molecule has 0 spiro atoms. The van der Waals surface area contributed by atoms with Gasteiger partial charge in [-0.25, -0.2) is 9.59 Å². The van der Waals surface area contributed by atoms with Gasteiger partial charge in [-0.15, -0.1) is 0 Å². The van der Waals surface area contributed by atoms with Crippen LogP contribution >= 0.6 is 15.9 Å². The Kier molecular flexibility index (Phi) is 5.70. The number of benzene rings is 2. The maximum atomic E-state index is 13.6. The molecule has 0 saturated heterocycles. The first-order valence-electron chi connectivity index (χ1n) is 9.58. The highest BCUT2D eigenvalue weighted by Crippen LogP contribution is 2.42. The molecule has 0 aromatic heterocycles. The summed E-state index contributed by atoms with van der Waals surface area (Å²) < 4.78 is 15.7. The molecule has 2 aliphatic rings. The fourth-order valence-corrected chi connectivity index (χ4v) is 4.75. The number of aryl methyl sites for hydroxylation is 1. The predicted octanol–water partition coefficient (Wildman–Crippen LogP) is 2.93.